The highest BCUT2D eigenvalue weighted by Crippen LogP contribution is 2.34. The predicted octanol–water partition coefficient (Wildman–Crippen LogP) is 3.29. The van der Waals surface area contributed by atoms with E-state index in [1.54, 1.807) is 35.5 Å². The maximum Gasteiger partial charge on any atom is 0.190 e. The number of hydrogen-bond donors (Lipinski definition) is 2. The molecule has 166 valence electrons. The number of ether oxygens (including phenoxy) is 4. The van der Waals surface area contributed by atoms with Gasteiger partial charge in [-0.25, -0.2) is 0 Å². The number of halogens is 1. The second-order valence-electron chi connectivity index (χ2n) is 6.28. The third kappa shape index (κ3) is 7.47. The molecular weight excluding hydrogens is 497 g/mol. The quantitative estimate of drug-likeness (QED) is 0.280. The van der Waals surface area contributed by atoms with Crippen LogP contribution in [0.1, 0.15) is 11.1 Å². The molecule has 0 aliphatic heterocycles. The van der Waals surface area contributed by atoms with Crippen LogP contribution >= 0.6 is 24.0 Å². The molecule has 0 radical (unpaired) electrons. The third-order valence-electron chi connectivity index (χ3n) is 4.57. The molecule has 0 spiro atoms. The fourth-order valence-electron chi connectivity index (χ4n) is 2.97. The van der Waals surface area contributed by atoms with Crippen molar-refractivity contribution in [2.45, 2.75) is 12.8 Å². The Labute approximate surface area is 196 Å². The number of benzene rings is 2. The number of hydrogen-bond acceptors (Lipinski definition) is 5. The van der Waals surface area contributed by atoms with E-state index in [1.807, 2.05) is 24.3 Å². The number of nitrogens with zero attached hydrogens (tertiary/aromatic N) is 1. The van der Waals surface area contributed by atoms with Gasteiger partial charge in [-0.15, -0.1) is 24.0 Å². The van der Waals surface area contributed by atoms with Crippen LogP contribution in [0.25, 0.3) is 0 Å². The molecular formula is C22H32IN3O4. The van der Waals surface area contributed by atoms with Gasteiger partial charge in [-0.1, -0.05) is 12.1 Å². The van der Waals surface area contributed by atoms with Gasteiger partial charge in [-0.2, -0.15) is 0 Å². The smallest absolute Gasteiger partial charge is 0.190 e. The van der Waals surface area contributed by atoms with Crippen molar-refractivity contribution in [2.75, 3.05) is 48.6 Å². The predicted molar refractivity (Wildman–Crippen MR) is 131 cm³/mol. The molecule has 0 unspecified atom stereocenters. The monoisotopic (exact) mass is 529 g/mol. The summed E-state index contributed by atoms with van der Waals surface area (Å²) in [5.74, 6) is 3.80. The van der Waals surface area contributed by atoms with Crippen LogP contribution in [0, 0.1) is 0 Å². The molecule has 0 amide bonds. The molecule has 0 heterocycles. The van der Waals surface area contributed by atoms with Gasteiger partial charge in [0.2, 0.25) is 0 Å². The van der Waals surface area contributed by atoms with Crippen molar-refractivity contribution in [3.05, 3.63) is 47.5 Å². The second-order valence-corrected chi connectivity index (χ2v) is 6.28. The number of nitrogens with one attached hydrogen (secondary N) is 2. The van der Waals surface area contributed by atoms with E-state index in [9.17, 15) is 0 Å². The standard InChI is InChI=1S/C22H31N3O4.HI/c1-23-22(24-12-10-16-6-8-17(26-2)9-7-16)25-13-11-19-20(28-4)14-18(27-3)15-21(19)29-5;/h6-9,14-15H,10-13H2,1-5H3,(H2,23,24,25);1H. The lowest BCUT2D eigenvalue weighted by atomic mass is 10.1. The minimum absolute atomic E-state index is 0. The van der Waals surface area contributed by atoms with E-state index in [4.69, 9.17) is 18.9 Å². The summed E-state index contributed by atoms with van der Waals surface area (Å²) in [6, 6.07) is 11.8. The van der Waals surface area contributed by atoms with Crippen molar-refractivity contribution in [2.24, 2.45) is 4.99 Å². The molecule has 2 aromatic carbocycles. The first-order valence-corrected chi connectivity index (χ1v) is 9.51. The fourth-order valence-corrected chi connectivity index (χ4v) is 2.97. The summed E-state index contributed by atoms with van der Waals surface area (Å²) in [5.41, 5.74) is 2.22. The SMILES string of the molecule is CN=C(NCCc1ccc(OC)cc1)NCCc1c(OC)cc(OC)cc1OC.I. The molecule has 0 fully saturated rings. The number of methoxy groups -OCH3 is 4. The summed E-state index contributed by atoms with van der Waals surface area (Å²) in [5, 5.41) is 6.66. The first-order chi connectivity index (χ1) is 14.1. The van der Waals surface area contributed by atoms with Crippen LogP contribution in [0.5, 0.6) is 23.0 Å². The minimum atomic E-state index is 0. The van der Waals surface area contributed by atoms with Gasteiger partial charge in [0.1, 0.15) is 23.0 Å². The average molecular weight is 529 g/mol. The highest BCUT2D eigenvalue weighted by Gasteiger charge is 2.13. The molecule has 0 saturated heterocycles. The van der Waals surface area contributed by atoms with Crippen molar-refractivity contribution in [1.82, 2.24) is 10.6 Å². The fraction of sp³-hybridized carbons (Fsp3) is 0.409. The Bertz CT molecular complexity index is 772. The number of guanidine groups is 1. The first kappa shape index (κ1) is 25.7. The molecule has 2 rings (SSSR count). The van der Waals surface area contributed by atoms with E-state index in [0.717, 1.165) is 48.2 Å². The van der Waals surface area contributed by atoms with E-state index >= 15 is 0 Å². The van der Waals surface area contributed by atoms with Crippen molar-refractivity contribution in [1.29, 1.82) is 0 Å². The maximum atomic E-state index is 5.50. The van der Waals surface area contributed by atoms with Gasteiger partial charge in [0.05, 0.1) is 28.4 Å². The van der Waals surface area contributed by atoms with Gasteiger partial charge < -0.3 is 29.6 Å². The van der Waals surface area contributed by atoms with Crippen LogP contribution in [0.2, 0.25) is 0 Å². The first-order valence-electron chi connectivity index (χ1n) is 9.51. The minimum Gasteiger partial charge on any atom is -0.497 e. The van der Waals surface area contributed by atoms with Crippen molar-refractivity contribution in [3.63, 3.8) is 0 Å². The molecule has 8 heteroatoms. The van der Waals surface area contributed by atoms with Crippen molar-refractivity contribution < 1.29 is 18.9 Å². The van der Waals surface area contributed by atoms with E-state index in [-0.39, 0.29) is 24.0 Å². The molecule has 0 aliphatic rings. The Balaban J connectivity index is 0.00000450. The normalized spacial score (nSPS) is 10.6. The summed E-state index contributed by atoms with van der Waals surface area (Å²) in [7, 11) is 8.34. The molecule has 0 saturated carbocycles. The van der Waals surface area contributed by atoms with Gasteiger partial charge in [-0.05, 0) is 30.5 Å². The summed E-state index contributed by atoms with van der Waals surface area (Å²) < 4.78 is 21.5. The zero-order chi connectivity index (χ0) is 21.1. The van der Waals surface area contributed by atoms with Crippen LogP contribution in [-0.2, 0) is 12.8 Å². The Kier molecular flexibility index (Phi) is 11.8. The largest absolute Gasteiger partial charge is 0.497 e. The molecule has 0 aromatic heterocycles. The zero-order valence-electron chi connectivity index (χ0n) is 18.3. The average Bonchev–Trinajstić information content (AvgIpc) is 2.78. The lowest BCUT2D eigenvalue weighted by Crippen LogP contribution is -2.39. The summed E-state index contributed by atoms with van der Waals surface area (Å²) in [6.07, 6.45) is 1.61. The van der Waals surface area contributed by atoms with Crippen molar-refractivity contribution >= 4 is 29.9 Å². The zero-order valence-corrected chi connectivity index (χ0v) is 20.6. The van der Waals surface area contributed by atoms with Crippen LogP contribution in [0.3, 0.4) is 0 Å². The molecule has 7 nitrogen and oxygen atoms in total. The Morgan fingerprint density at radius 3 is 1.77 bits per heavy atom. The van der Waals surface area contributed by atoms with Gasteiger partial charge >= 0.3 is 0 Å². The van der Waals surface area contributed by atoms with Crippen LogP contribution in [-0.4, -0.2) is 54.5 Å². The third-order valence-corrected chi connectivity index (χ3v) is 4.57. The molecule has 0 aliphatic carbocycles. The number of aliphatic imine (C=N–C) groups is 1. The molecule has 0 bridgehead atoms. The Hall–Kier alpha value is -2.36. The van der Waals surface area contributed by atoms with Gasteiger partial charge in [0, 0.05) is 37.8 Å². The summed E-state index contributed by atoms with van der Waals surface area (Å²) in [6.45, 7) is 1.46. The highest BCUT2D eigenvalue weighted by molar-refractivity contribution is 14.0. The maximum absolute atomic E-state index is 5.50. The summed E-state index contributed by atoms with van der Waals surface area (Å²) in [4.78, 5) is 4.28. The van der Waals surface area contributed by atoms with Crippen molar-refractivity contribution in [3.8, 4) is 23.0 Å². The second kappa shape index (κ2) is 13.8. The van der Waals surface area contributed by atoms with Gasteiger partial charge in [0.25, 0.3) is 0 Å². The van der Waals surface area contributed by atoms with E-state index < -0.39 is 0 Å². The van der Waals surface area contributed by atoms with Gasteiger partial charge in [-0.3, -0.25) is 4.99 Å². The number of rotatable bonds is 10. The topological polar surface area (TPSA) is 73.3 Å². The highest BCUT2D eigenvalue weighted by atomic mass is 127. The Morgan fingerprint density at radius 1 is 0.767 bits per heavy atom. The van der Waals surface area contributed by atoms with Crippen LogP contribution < -0.4 is 29.6 Å². The van der Waals surface area contributed by atoms with E-state index in [0.29, 0.717) is 12.3 Å². The van der Waals surface area contributed by atoms with E-state index in [2.05, 4.69) is 27.8 Å². The van der Waals surface area contributed by atoms with Gasteiger partial charge in [0.15, 0.2) is 5.96 Å². The van der Waals surface area contributed by atoms with E-state index in [1.165, 1.54) is 5.56 Å². The summed E-state index contributed by atoms with van der Waals surface area (Å²) >= 11 is 0. The lowest BCUT2D eigenvalue weighted by molar-refractivity contribution is 0.368. The lowest BCUT2D eigenvalue weighted by Gasteiger charge is -2.16. The molecule has 0 atom stereocenters. The molecule has 30 heavy (non-hydrogen) atoms. The molecule has 2 aromatic rings. The Morgan fingerprint density at radius 2 is 1.30 bits per heavy atom. The molecule has 2 N–H and O–H groups in total. The van der Waals surface area contributed by atoms with Crippen LogP contribution in [0.15, 0.2) is 41.4 Å². The van der Waals surface area contributed by atoms with Crippen LogP contribution in [0.4, 0.5) is 0 Å².